The van der Waals surface area contributed by atoms with Crippen molar-refractivity contribution in [2.24, 2.45) is 0 Å². The summed E-state index contributed by atoms with van der Waals surface area (Å²) in [5.74, 6) is 0.799. The number of nitrogens with one attached hydrogen (secondary N) is 1. The number of benzene rings is 1. The smallest absolute Gasteiger partial charge is 0.234 e. The number of hydrogen-bond acceptors (Lipinski definition) is 5. The van der Waals surface area contributed by atoms with Gasteiger partial charge in [0.15, 0.2) is 0 Å². The number of ether oxygens (including phenoxy) is 2. The third-order valence-electron chi connectivity index (χ3n) is 5.11. The summed E-state index contributed by atoms with van der Waals surface area (Å²) in [5.41, 5.74) is 0.847. The SMILES string of the molecule is O=C(CN1CCCCCC1)NC1CCOCC1Oc1ccc(CO)cc1. The van der Waals surface area contributed by atoms with Gasteiger partial charge in [-0.25, -0.2) is 0 Å². The van der Waals surface area contributed by atoms with Gasteiger partial charge in [-0.1, -0.05) is 25.0 Å². The number of nitrogens with zero attached hydrogens (tertiary/aromatic N) is 1. The Morgan fingerprint density at radius 2 is 1.92 bits per heavy atom. The van der Waals surface area contributed by atoms with Gasteiger partial charge in [0.1, 0.15) is 11.9 Å². The standard InChI is InChI=1S/C20H30N2O4/c23-14-16-5-7-17(8-6-16)26-19-15-25-12-9-18(19)21-20(24)13-22-10-3-1-2-4-11-22/h5-8,18-19,23H,1-4,9-15H2,(H,21,24). The molecule has 3 rings (SSSR count). The molecule has 1 aromatic carbocycles. The minimum atomic E-state index is -0.197. The molecule has 2 aliphatic rings. The fourth-order valence-corrected chi connectivity index (χ4v) is 3.59. The van der Waals surface area contributed by atoms with Gasteiger partial charge < -0.3 is 19.9 Å². The Kier molecular flexibility index (Phi) is 7.29. The van der Waals surface area contributed by atoms with Gasteiger partial charge in [0, 0.05) is 6.61 Å². The first-order valence-corrected chi connectivity index (χ1v) is 9.70. The first kappa shape index (κ1) is 19.1. The van der Waals surface area contributed by atoms with Crippen LogP contribution >= 0.6 is 0 Å². The number of carbonyl (C=O) groups is 1. The maximum atomic E-state index is 12.5. The van der Waals surface area contributed by atoms with E-state index >= 15 is 0 Å². The molecule has 2 atom stereocenters. The molecule has 6 nitrogen and oxygen atoms in total. The van der Waals surface area contributed by atoms with E-state index in [0.29, 0.717) is 19.8 Å². The van der Waals surface area contributed by atoms with E-state index in [1.54, 1.807) is 0 Å². The van der Waals surface area contributed by atoms with E-state index in [1.807, 2.05) is 24.3 Å². The van der Waals surface area contributed by atoms with E-state index in [4.69, 9.17) is 14.6 Å². The van der Waals surface area contributed by atoms with E-state index in [2.05, 4.69) is 10.2 Å². The first-order valence-electron chi connectivity index (χ1n) is 9.70. The summed E-state index contributed by atoms with van der Waals surface area (Å²) in [4.78, 5) is 14.8. The molecule has 1 amide bonds. The summed E-state index contributed by atoms with van der Waals surface area (Å²) in [5, 5.41) is 12.3. The van der Waals surface area contributed by atoms with Crippen molar-refractivity contribution in [1.82, 2.24) is 10.2 Å². The Balaban J connectivity index is 1.53. The van der Waals surface area contributed by atoms with Gasteiger partial charge in [-0.2, -0.15) is 0 Å². The summed E-state index contributed by atoms with van der Waals surface area (Å²) in [6.45, 7) is 3.61. The molecule has 6 heteroatoms. The van der Waals surface area contributed by atoms with Crippen LogP contribution in [0.2, 0.25) is 0 Å². The number of aliphatic hydroxyl groups is 1. The molecule has 0 radical (unpaired) electrons. The normalized spacial score (nSPS) is 24.7. The van der Waals surface area contributed by atoms with E-state index < -0.39 is 0 Å². The van der Waals surface area contributed by atoms with Crippen molar-refractivity contribution < 1.29 is 19.4 Å². The van der Waals surface area contributed by atoms with Crippen LogP contribution in [0.3, 0.4) is 0 Å². The van der Waals surface area contributed by atoms with Crippen molar-refractivity contribution in [3.8, 4) is 5.75 Å². The lowest BCUT2D eigenvalue weighted by Crippen LogP contribution is -2.53. The van der Waals surface area contributed by atoms with E-state index in [-0.39, 0.29) is 24.7 Å². The third kappa shape index (κ3) is 5.69. The Morgan fingerprint density at radius 3 is 2.62 bits per heavy atom. The Hall–Kier alpha value is -1.63. The second-order valence-corrected chi connectivity index (χ2v) is 7.19. The lowest BCUT2D eigenvalue weighted by Gasteiger charge is -2.33. The molecule has 0 aromatic heterocycles. The van der Waals surface area contributed by atoms with Gasteiger partial charge in [-0.15, -0.1) is 0 Å². The molecule has 2 heterocycles. The zero-order valence-electron chi connectivity index (χ0n) is 15.4. The molecule has 0 aliphatic carbocycles. The third-order valence-corrected chi connectivity index (χ3v) is 5.11. The van der Waals surface area contributed by atoms with Crippen LogP contribution < -0.4 is 10.1 Å². The Morgan fingerprint density at radius 1 is 1.19 bits per heavy atom. The molecule has 2 unspecified atom stereocenters. The van der Waals surface area contributed by atoms with Crippen LogP contribution in [0.5, 0.6) is 5.75 Å². The number of hydrogen-bond donors (Lipinski definition) is 2. The summed E-state index contributed by atoms with van der Waals surface area (Å²) < 4.78 is 11.6. The van der Waals surface area contributed by atoms with E-state index in [0.717, 1.165) is 30.8 Å². The lowest BCUT2D eigenvalue weighted by atomic mass is 10.1. The minimum absolute atomic E-state index is 0.0159. The fourth-order valence-electron chi connectivity index (χ4n) is 3.59. The molecular weight excluding hydrogens is 332 g/mol. The average molecular weight is 362 g/mol. The first-order chi connectivity index (χ1) is 12.7. The summed E-state index contributed by atoms with van der Waals surface area (Å²) in [6.07, 6.45) is 5.45. The van der Waals surface area contributed by atoms with Crippen molar-refractivity contribution in [1.29, 1.82) is 0 Å². The fraction of sp³-hybridized carbons (Fsp3) is 0.650. The predicted octanol–water partition coefficient (Wildman–Crippen LogP) is 1.71. The van der Waals surface area contributed by atoms with E-state index in [1.165, 1.54) is 25.7 Å². The largest absolute Gasteiger partial charge is 0.486 e. The van der Waals surface area contributed by atoms with Crippen molar-refractivity contribution in [2.45, 2.75) is 50.9 Å². The second-order valence-electron chi connectivity index (χ2n) is 7.19. The monoisotopic (exact) mass is 362 g/mol. The number of likely N-dealkylation sites (tertiary alicyclic amines) is 1. The molecule has 26 heavy (non-hydrogen) atoms. The Labute approximate surface area is 155 Å². The molecule has 0 spiro atoms. The van der Waals surface area contributed by atoms with Gasteiger partial charge in [0.2, 0.25) is 5.91 Å². The number of rotatable bonds is 6. The summed E-state index contributed by atoms with van der Waals surface area (Å²) in [7, 11) is 0. The van der Waals surface area contributed by atoms with Crippen LogP contribution in [0, 0.1) is 0 Å². The zero-order valence-corrected chi connectivity index (χ0v) is 15.4. The highest BCUT2D eigenvalue weighted by Gasteiger charge is 2.29. The zero-order chi connectivity index (χ0) is 18.2. The molecule has 2 N–H and O–H groups in total. The van der Waals surface area contributed by atoms with Crippen LogP contribution in [0.25, 0.3) is 0 Å². The van der Waals surface area contributed by atoms with Crippen LogP contribution in [-0.2, 0) is 16.1 Å². The quantitative estimate of drug-likeness (QED) is 0.806. The number of amides is 1. The van der Waals surface area contributed by atoms with Crippen molar-refractivity contribution in [3.05, 3.63) is 29.8 Å². The average Bonchev–Trinajstić information content (AvgIpc) is 2.92. The van der Waals surface area contributed by atoms with Crippen LogP contribution in [0.1, 0.15) is 37.7 Å². The van der Waals surface area contributed by atoms with Crippen LogP contribution in [-0.4, -0.2) is 60.9 Å². The highest BCUT2D eigenvalue weighted by Crippen LogP contribution is 2.19. The van der Waals surface area contributed by atoms with E-state index in [9.17, 15) is 4.79 Å². The Bertz CT molecular complexity index is 555. The molecular formula is C20H30N2O4. The maximum Gasteiger partial charge on any atom is 0.234 e. The molecule has 0 bridgehead atoms. The lowest BCUT2D eigenvalue weighted by molar-refractivity contribution is -0.125. The predicted molar refractivity (Wildman–Crippen MR) is 99.1 cm³/mol. The van der Waals surface area contributed by atoms with Gasteiger partial charge in [-0.3, -0.25) is 9.69 Å². The van der Waals surface area contributed by atoms with Crippen molar-refractivity contribution >= 4 is 5.91 Å². The van der Waals surface area contributed by atoms with Gasteiger partial charge in [0.25, 0.3) is 0 Å². The highest BCUT2D eigenvalue weighted by molar-refractivity contribution is 5.78. The molecule has 2 aliphatic heterocycles. The topological polar surface area (TPSA) is 71.0 Å². The molecule has 0 saturated carbocycles. The molecule has 2 fully saturated rings. The van der Waals surface area contributed by atoms with Crippen molar-refractivity contribution in [2.75, 3.05) is 32.8 Å². The molecule has 2 saturated heterocycles. The van der Waals surface area contributed by atoms with Gasteiger partial charge in [-0.05, 0) is 50.0 Å². The molecule has 144 valence electrons. The minimum Gasteiger partial charge on any atom is -0.486 e. The van der Waals surface area contributed by atoms with Crippen molar-refractivity contribution in [3.63, 3.8) is 0 Å². The number of carbonyl (C=O) groups excluding carboxylic acids is 1. The van der Waals surface area contributed by atoms with Crippen LogP contribution in [0.4, 0.5) is 0 Å². The summed E-state index contributed by atoms with van der Waals surface area (Å²) in [6, 6.07) is 7.32. The van der Waals surface area contributed by atoms with Gasteiger partial charge >= 0.3 is 0 Å². The number of aliphatic hydroxyl groups excluding tert-OH is 1. The summed E-state index contributed by atoms with van der Waals surface area (Å²) >= 11 is 0. The maximum absolute atomic E-state index is 12.5. The van der Waals surface area contributed by atoms with Crippen LogP contribution in [0.15, 0.2) is 24.3 Å². The highest BCUT2D eigenvalue weighted by atomic mass is 16.5. The second kappa shape index (κ2) is 9.90. The molecule has 1 aromatic rings. The van der Waals surface area contributed by atoms with Gasteiger partial charge in [0.05, 0.1) is 25.8 Å².